The Morgan fingerprint density at radius 2 is 1.71 bits per heavy atom. The van der Waals surface area contributed by atoms with Crippen molar-refractivity contribution in [1.82, 2.24) is 0 Å². The molecule has 3 nitrogen and oxygen atoms in total. The molecule has 1 aliphatic heterocycles. The number of nitrogens with zero attached hydrogens (tertiary/aromatic N) is 1. The first kappa shape index (κ1) is 11.6. The van der Waals surface area contributed by atoms with Crippen LogP contribution in [0, 0.1) is 0 Å². The first-order valence-electron chi connectivity index (χ1n) is 5.69. The molecule has 3 heteroatoms. The summed E-state index contributed by atoms with van der Waals surface area (Å²) in [7, 11) is 0. The Labute approximate surface area is 101 Å². The maximum absolute atomic E-state index is 11.7. The number of para-hydroxylation sites is 1. The van der Waals surface area contributed by atoms with Gasteiger partial charge in [-0.05, 0) is 25.5 Å². The van der Waals surface area contributed by atoms with E-state index >= 15 is 0 Å². The van der Waals surface area contributed by atoms with E-state index in [9.17, 15) is 9.59 Å². The average molecular weight is 229 g/mol. The first-order valence-corrected chi connectivity index (χ1v) is 5.69. The van der Waals surface area contributed by atoms with Crippen molar-refractivity contribution in [2.75, 3.05) is 4.90 Å². The summed E-state index contributed by atoms with van der Waals surface area (Å²) in [6.07, 6.45) is 2.62. The third-order valence-corrected chi connectivity index (χ3v) is 2.67. The minimum Gasteiger partial charge on any atom is -0.274 e. The van der Waals surface area contributed by atoms with Crippen molar-refractivity contribution >= 4 is 23.6 Å². The standard InChI is InChI=1S/C14H15NO2/c1-10(2)9-11-5-3-4-6-12(11)15-13(16)7-8-14(15)17/h3-6,9H,7-8H2,1-2H3. The molecule has 0 spiro atoms. The zero-order valence-electron chi connectivity index (χ0n) is 10.1. The molecule has 1 saturated heterocycles. The number of benzene rings is 1. The van der Waals surface area contributed by atoms with Gasteiger partial charge in [0.1, 0.15) is 0 Å². The SMILES string of the molecule is CC(C)=Cc1ccccc1N1C(=O)CCC1=O. The normalized spacial score (nSPS) is 15.3. The minimum absolute atomic E-state index is 0.107. The van der Waals surface area contributed by atoms with E-state index in [1.807, 2.05) is 44.2 Å². The third-order valence-electron chi connectivity index (χ3n) is 2.67. The fourth-order valence-electron chi connectivity index (χ4n) is 1.97. The Morgan fingerprint density at radius 1 is 1.12 bits per heavy atom. The maximum Gasteiger partial charge on any atom is 0.234 e. The van der Waals surface area contributed by atoms with Crippen LogP contribution in [-0.2, 0) is 9.59 Å². The molecule has 1 aromatic carbocycles. The molecular formula is C14H15NO2. The first-order chi connectivity index (χ1) is 8.09. The lowest BCUT2D eigenvalue weighted by Gasteiger charge is -2.16. The number of carbonyl (C=O) groups is 2. The van der Waals surface area contributed by atoms with Gasteiger partial charge in [-0.3, -0.25) is 9.59 Å². The van der Waals surface area contributed by atoms with Crippen molar-refractivity contribution in [3.8, 4) is 0 Å². The van der Waals surface area contributed by atoms with Crippen LogP contribution in [0.1, 0.15) is 32.3 Å². The van der Waals surface area contributed by atoms with Gasteiger partial charge in [-0.2, -0.15) is 0 Å². The fraction of sp³-hybridized carbons (Fsp3) is 0.286. The highest BCUT2D eigenvalue weighted by molar-refractivity contribution is 6.20. The van der Waals surface area contributed by atoms with Crippen LogP contribution in [0.4, 0.5) is 5.69 Å². The quantitative estimate of drug-likeness (QED) is 0.731. The molecule has 1 fully saturated rings. The van der Waals surface area contributed by atoms with Crippen molar-refractivity contribution in [3.63, 3.8) is 0 Å². The second-order valence-corrected chi connectivity index (χ2v) is 4.40. The fourth-order valence-corrected chi connectivity index (χ4v) is 1.97. The lowest BCUT2D eigenvalue weighted by molar-refractivity contribution is -0.121. The summed E-state index contributed by atoms with van der Waals surface area (Å²) in [5.41, 5.74) is 2.74. The smallest absolute Gasteiger partial charge is 0.234 e. The number of rotatable bonds is 2. The molecule has 1 aromatic rings. The van der Waals surface area contributed by atoms with Crippen LogP contribution in [0.25, 0.3) is 6.08 Å². The highest BCUT2D eigenvalue weighted by Gasteiger charge is 2.31. The van der Waals surface area contributed by atoms with E-state index in [0.29, 0.717) is 18.5 Å². The van der Waals surface area contributed by atoms with Crippen LogP contribution in [0.5, 0.6) is 0 Å². The average Bonchev–Trinajstić information content (AvgIpc) is 2.59. The van der Waals surface area contributed by atoms with E-state index in [-0.39, 0.29) is 11.8 Å². The van der Waals surface area contributed by atoms with Gasteiger partial charge in [0.05, 0.1) is 5.69 Å². The molecule has 2 rings (SSSR count). The van der Waals surface area contributed by atoms with E-state index in [0.717, 1.165) is 11.1 Å². The number of hydrogen-bond acceptors (Lipinski definition) is 2. The Kier molecular flexibility index (Phi) is 3.09. The van der Waals surface area contributed by atoms with E-state index in [1.54, 1.807) is 0 Å². The summed E-state index contributed by atoms with van der Waals surface area (Å²) >= 11 is 0. The number of anilines is 1. The summed E-state index contributed by atoms with van der Waals surface area (Å²) < 4.78 is 0. The molecule has 0 unspecified atom stereocenters. The Bertz CT molecular complexity index is 483. The summed E-state index contributed by atoms with van der Waals surface area (Å²) in [4.78, 5) is 24.7. The van der Waals surface area contributed by atoms with Gasteiger partial charge in [0, 0.05) is 12.8 Å². The highest BCUT2D eigenvalue weighted by Crippen LogP contribution is 2.27. The zero-order valence-corrected chi connectivity index (χ0v) is 10.1. The molecule has 0 bridgehead atoms. The van der Waals surface area contributed by atoms with Gasteiger partial charge in [0.15, 0.2) is 0 Å². The van der Waals surface area contributed by atoms with Crippen molar-refractivity contribution in [2.24, 2.45) is 0 Å². The minimum atomic E-state index is -0.107. The van der Waals surface area contributed by atoms with Gasteiger partial charge in [-0.25, -0.2) is 4.90 Å². The molecule has 88 valence electrons. The molecule has 0 aliphatic carbocycles. The lowest BCUT2D eigenvalue weighted by atomic mass is 10.1. The summed E-state index contributed by atoms with van der Waals surface area (Å²) in [5, 5.41) is 0. The van der Waals surface area contributed by atoms with Crippen molar-refractivity contribution < 1.29 is 9.59 Å². The molecule has 1 aliphatic rings. The van der Waals surface area contributed by atoms with Gasteiger partial charge in [-0.1, -0.05) is 29.8 Å². The van der Waals surface area contributed by atoms with E-state index in [1.165, 1.54) is 4.90 Å². The molecule has 0 radical (unpaired) electrons. The maximum atomic E-state index is 11.7. The summed E-state index contributed by atoms with van der Waals surface area (Å²) in [6.45, 7) is 3.98. The van der Waals surface area contributed by atoms with Gasteiger partial charge >= 0.3 is 0 Å². The number of carbonyl (C=O) groups excluding carboxylic acids is 2. The lowest BCUT2D eigenvalue weighted by Crippen LogP contribution is -2.29. The number of amides is 2. The van der Waals surface area contributed by atoms with Gasteiger partial charge in [-0.15, -0.1) is 0 Å². The number of hydrogen-bond donors (Lipinski definition) is 0. The third kappa shape index (κ3) is 2.28. The van der Waals surface area contributed by atoms with Gasteiger partial charge < -0.3 is 0 Å². The highest BCUT2D eigenvalue weighted by atomic mass is 16.2. The monoisotopic (exact) mass is 229 g/mol. The molecule has 1 heterocycles. The Hall–Kier alpha value is -1.90. The second kappa shape index (κ2) is 4.53. The van der Waals surface area contributed by atoms with E-state index < -0.39 is 0 Å². The molecule has 0 atom stereocenters. The summed E-state index contributed by atoms with van der Waals surface area (Å²) in [6, 6.07) is 7.48. The molecule has 0 N–H and O–H groups in total. The predicted molar refractivity (Wildman–Crippen MR) is 67.5 cm³/mol. The van der Waals surface area contributed by atoms with Crippen molar-refractivity contribution in [3.05, 3.63) is 35.4 Å². The molecule has 0 saturated carbocycles. The Balaban J connectivity index is 2.48. The Morgan fingerprint density at radius 3 is 2.29 bits per heavy atom. The van der Waals surface area contributed by atoms with Crippen LogP contribution in [0.2, 0.25) is 0 Å². The molecule has 17 heavy (non-hydrogen) atoms. The number of imide groups is 1. The van der Waals surface area contributed by atoms with Crippen molar-refractivity contribution in [1.29, 1.82) is 0 Å². The molecule has 2 amide bonds. The van der Waals surface area contributed by atoms with Crippen LogP contribution >= 0.6 is 0 Å². The van der Waals surface area contributed by atoms with Crippen LogP contribution in [-0.4, -0.2) is 11.8 Å². The molecule has 0 aromatic heterocycles. The van der Waals surface area contributed by atoms with E-state index in [4.69, 9.17) is 0 Å². The van der Waals surface area contributed by atoms with Gasteiger partial charge in [0.2, 0.25) is 11.8 Å². The van der Waals surface area contributed by atoms with Gasteiger partial charge in [0.25, 0.3) is 0 Å². The van der Waals surface area contributed by atoms with E-state index in [2.05, 4.69) is 0 Å². The predicted octanol–water partition coefficient (Wildman–Crippen LogP) is 2.76. The van der Waals surface area contributed by atoms with Crippen LogP contribution in [0.3, 0.4) is 0 Å². The summed E-state index contributed by atoms with van der Waals surface area (Å²) in [5.74, 6) is -0.214. The number of allylic oxidation sites excluding steroid dienone is 1. The van der Waals surface area contributed by atoms with Crippen LogP contribution in [0.15, 0.2) is 29.8 Å². The largest absolute Gasteiger partial charge is 0.274 e. The topological polar surface area (TPSA) is 37.4 Å². The second-order valence-electron chi connectivity index (χ2n) is 4.40. The zero-order chi connectivity index (χ0) is 12.4. The van der Waals surface area contributed by atoms with Crippen molar-refractivity contribution in [2.45, 2.75) is 26.7 Å². The molecular weight excluding hydrogens is 214 g/mol. The van der Waals surface area contributed by atoms with Crippen LogP contribution < -0.4 is 4.90 Å².